The smallest absolute Gasteiger partial charge is 0.221 e. The second kappa shape index (κ2) is 5.12. The van der Waals surface area contributed by atoms with Crippen LogP contribution in [0.15, 0.2) is 6.20 Å². The molecule has 1 aromatic heterocycles. The molecule has 2 rings (SSSR count). The zero-order chi connectivity index (χ0) is 11.4. The fourth-order valence-electron chi connectivity index (χ4n) is 1.51. The molecular weight excluding hydrogens is 204 g/mol. The second-order valence-corrected chi connectivity index (χ2v) is 4.29. The maximum atomic E-state index is 11.4. The third-order valence-electron chi connectivity index (χ3n) is 2.72. The van der Waals surface area contributed by atoms with Gasteiger partial charge in [0.15, 0.2) is 0 Å². The molecule has 3 N–H and O–H groups in total. The monoisotopic (exact) mass is 222 g/mol. The minimum atomic E-state index is 0.152. The zero-order valence-electron chi connectivity index (χ0n) is 9.55. The van der Waals surface area contributed by atoms with Crippen LogP contribution in [0.5, 0.6) is 0 Å². The molecule has 5 heteroatoms. The lowest BCUT2D eigenvalue weighted by Gasteiger charge is -2.04. The van der Waals surface area contributed by atoms with Gasteiger partial charge < -0.3 is 10.6 Å². The summed E-state index contributed by atoms with van der Waals surface area (Å²) in [6.07, 6.45) is 4.65. The minimum absolute atomic E-state index is 0.152. The van der Waals surface area contributed by atoms with Gasteiger partial charge in [0.2, 0.25) is 5.91 Å². The van der Waals surface area contributed by atoms with E-state index < -0.39 is 0 Å². The number of hydrogen-bond acceptors (Lipinski definition) is 3. The van der Waals surface area contributed by atoms with E-state index >= 15 is 0 Å². The average Bonchev–Trinajstić information content (AvgIpc) is 2.96. The summed E-state index contributed by atoms with van der Waals surface area (Å²) in [6, 6.07) is 0.462. The fraction of sp³-hybridized carbons (Fsp3) is 0.636. The summed E-state index contributed by atoms with van der Waals surface area (Å²) in [5, 5.41) is 13.0. The number of carbonyl (C=O) groups is 1. The maximum Gasteiger partial charge on any atom is 0.221 e. The van der Waals surface area contributed by atoms with Gasteiger partial charge in [-0.25, -0.2) is 0 Å². The number of aromatic amines is 1. The topological polar surface area (TPSA) is 69.8 Å². The fourth-order valence-corrected chi connectivity index (χ4v) is 1.51. The van der Waals surface area contributed by atoms with Crippen LogP contribution in [0, 0.1) is 6.92 Å². The van der Waals surface area contributed by atoms with Gasteiger partial charge in [0.1, 0.15) is 0 Å². The summed E-state index contributed by atoms with van der Waals surface area (Å²) < 4.78 is 0. The van der Waals surface area contributed by atoms with E-state index in [0.29, 0.717) is 19.0 Å². The molecule has 0 aliphatic heterocycles. The largest absolute Gasteiger partial charge is 0.353 e. The molecule has 1 aliphatic carbocycles. The van der Waals surface area contributed by atoms with Crippen LogP contribution < -0.4 is 10.6 Å². The van der Waals surface area contributed by atoms with Crippen molar-refractivity contribution in [3.8, 4) is 0 Å². The van der Waals surface area contributed by atoms with Crippen LogP contribution >= 0.6 is 0 Å². The molecule has 5 nitrogen and oxygen atoms in total. The summed E-state index contributed by atoms with van der Waals surface area (Å²) in [7, 11) is 0. The molecule has 1 fully saturated rings. The first-order chi connectivity index (χ1) is 7.75. The van der Waals surface area contributed by atoms with Crippen LogP contribution in [-0.2, 0) is 11.3 Å². The predicted octanol–water partition coefficient (Wildman–Crippen LogP) is 0.476. The van der Waals surface area contributed by atoms with Crippen molar-refractivity contribution < 1.29 is 4.79 Å². The molecule has 16 heavy (non-hydrogen) atoms. The number of H-pyrrole nitrogens is 1. The van der Waals surface area contributed by atoms with Gasteiger partial charge in [0.05, 0.1) is 6.20 Å². The molecule has 1 heterocycles. The molecule has 0 aromatic carbocycles. The SMILES string of the molecule is Cc1[nH]ncc1CNCCC(=O)NC1CC1. The first-order valence-electron chi connectivity index (χ1n) is 5.74. The number of aromatic nitrogens is 2. The second-order valence-electron chi connectivity index (χ2n) is 4.29. The van der Waals surface area contributed by atoms with Crippen LogP contribution in [0.25, 0.3) is 0 Å². The van der Waals surface area contributed by atoms with Gasteiger partial charge in [-0.1, -0.05) is 0 Å². The summed E-state index contributed by atoms with van der Waals surface area (Å²) in [5.74, 6) is 0.152. The van der Waals surface area contributed by atoms with Crippen LogP contribution in [-0.4, -0.2) is 28.7 Å². The van der Waals surface area contributed by atoms with E-state index in [1.165, 1.54) is 0 Å². The number of hydrogen-bond donors (Lipinski definition) is 3. The van der Waals surface area contributed by atoms with Crippen molar-refractivity contribution in [3.05, 3.63) is 17.5 Å². The standard InChI is InChI=1S/C11H18N4O/c1-8-9(7-13-15-8)6-12-5-4-11(16)14-10-2-3-10/h7,10,12H,2-6H2,1H3,(H,13,15)(H,14,16). The van der Waals surface area contributed by atoms with Crippen molar-refractivity contribution in [2.75, 3.05) is 6.54 Å². The quantitative estimate of drug-likeness (QED) is 0.613. The first kappa shape index (κ1) is 11.1. The number of nitrogens with one attached hydrogen (secondary N) is 3. The van der Waals surface area contributed by atoms with Crippen LogP contribution in [0.1, 0.15) is 30.5 Å². The molecule has 0 saturated heterocycles. The highest BCUT2D eigenvalue weighted by Crippen LogP contribution is 2.18. The van der Waals surface area contributed by atoms with Gasteiger partial charge >= 0.3 is 0 Å². The van der Waals surface area contributed by atoms with Crippen LogP contribution in [0.3, 0.4) is 0 Å². The van der Waals surface area contributed by atoms with E-state index in [0.717, 1.165) is 30.6 Å². The molecule has 1 aromatic rings. The summed E-state index contributed by atoms with van der Waals surface area (Å²) in [5.41, 5.74) is 2.23. The Labute approximate surface area is 95.0 Å². The number of rotatable bonds is 6. The zero-order valence-corrected chi connectivity index (χ0v) is 9.55. The van der Waals surface area contributed by atoms with Crippen molar-refractivity contribution in [3.63, 3.8) is 0 Å². The van der Waals surface area contributed by atoms with E-state index in [4.69, 9.17) is 0 Å². The van der Waals surface area contributed by atoms with Gasteiger partial charge in [0.25, 0.3) is 0 Å². The molecule has 1 saturated carbocycles. The van der Waals surface area contributed by atoms with Crippen molar-refractivity contribution in [2.45, 2.75) is 38.8 Å². The Bertz CT molecular complexity index is 357. The van der Waals surface area contributed by atoms with Crippen molar-refractivity contribution in [1.29, 1.82) is 0 Å². The number of carbonyl (C=O) groups excluding carboxylic acids is 1. The molecule has 0 bridgehead atoms. The van der Waals surface area contributed by atoms with E-state index in [2.05, 4.69) is 20.8 Å². The Hall–Kier alpha value is -1.36. The van der Waals surface area contributed by atoms with Crippen molar-refractivity contribution in [2.24, 2.45) is 0 Å². The highest BCUT2D eigenvalue weighted by Gasteiger charge is 2.22. The lowest BCUT2D eigenvalue weighted by molar-refractivity contribution is -0.121. The van der Waals surface area contributed by atoms with Gasteiger partial charge in [-0.3, -0.25) is 9.89 Å². The summed E-state index contributed by atoms with van der Waals surface area (Å²) in [4.78, 5) is 11.4. The van der Waals surface area contributed by atoms with Crippen molar-refractivity contribution >= 4 is 5.91 Å². The lowest BCUT2D eigenvalue weighted by atomic mass is 10.2. The number of aryl methyl sites for hydroxylation is 1. The molecule has 0 atom stereocenters. The third kappa shape index (κ3) is 3.34. The number of nitrogens with zero attached hydrogens (tertiary/aromatic N) is 1. The molecule has 1 aliphatic rings. The predicted molar refractivity (Wildman–Crippen MR) is 60.8 cm³/mol. The van der Waals surface area contributed by atoms with Crippen LogP contribution in [0.2, 0.25) is 0 Å². The molecular formula is C11H18N4O. The summed E-state index contributed by atoms with van der Waals surface area (Å²) >= 11 is 0. The highest BCUT2D eigenvalue weighted by atomic mass is 16.1. The van der Waals surface area contributed by atoms with Gasteiger partial charge in [0, 0.05) is 36.8 Å². The number of amides is 1. The van der Waals surface area contributed by atoms with Gasteiger partial charge in [-0.15, -0.1) is 0 Å². The van der Waals surface area contributed by atoms with Crippen molar-refractivity contribution in [1.82, 2.24) is 20.8 Å². The van der Waals surface area contributed by atoms with Gasteiger partial charge in [-0.2, -0.15) is 5.10 Å². The Morgan fingerprint density at radius 3 is 3.06 bits per heavy atom. The minimum Gasteiger partial charge on any atom is -0.353 e. The Kier molecular flexibility index (Phi) is 3.56. The molecule has 0 spiro atoms. The van der Waals surface area contributed by atoms with Crippen LogP contribution in [0.4, 0.5) is 0 Å². The molecule has 88 valence electrons. The lowest BCUT2D eigenvalue weighted by Crippen LogP contribution is -2.29. The van der Waals surface area contributed by atoms with E-state index in [9.17, 15) is 4.79 Å². The Balaban J connectivity index is 1.57. The molecule has 0 unspecified atom stereocenters. The Morgan fingerprint density at radius 2 is 2.44 bits per heavy atom. The Morgan fingerprint density at radius 1 is 1.62 bits per heavy atom. The van der Waals surface area contributed by atoms with E-state index in [1.807, 2.05) is 13.1 Å². The maximum absolute atomic E-state index is 11.4. The first-order valence-corrected chi connectivity index (χ1v) is 5.74. The summed E-state index contributed by atoms with van der Waals surface area (Å²) in [6.45, 7) is 3.46. The van der Waals surface area contributed by atoms with E-state index in [1.54, 1.807) is 0 Å². The molecule has 1 amide bonds. The molecule has 0 radical (unpaired) electrons. The van der Waals surface area contributed by atoms with Gasteiger partial charge in [-0.05, 0) is 19.8 Å². The average molecular weight is 222 g/mol. The highest BCUT2D eigenvalue weighted by molar-refractivity contribution is 5.76. The van der Waals surface area contributed by atoms with E-state index in [-0.39, 0.29) is 5.91 Å². The normalized spacial score (nSPS) is 15.1. The third-order valence-corrected chi connectivity index (χ3v) is 2.72.